The zero-order chi connectivity index (χ0) is 24.9. The number of halogens is 1. The summed E-state index contributed by atoms with van der Waals surface area (Å²) in [7, 11) is 0. The normalized spacial score (nSPS) is 13.0. The molecule has 0 bridgehead atoms. The van der Waals surface area contributed by atoms with Crippen molar-refractivity contribution in [1.29, 1.82) is 0 Å². The van der Waals surface area contributed by atoms with Crippen LogP contribution in [-0.2, 0) is 23.3 Å². The third kappa shape index (κ3) is 6.46. The lowest BCUT2D eigenvalue weighted by molar-refractivity contribution is -0.00801. The van der Waals surface area contributed by atoms with Gasteiger partial charge in [0.1, 0.15) is 11.5 Å². The number of rotatable bonds is 10. The highest BCUT2D eigenvalue weighted by atomic mass is 35.5. The summed E-state index contributed by atoms with van der Waals surface area (Å²) >= 11 is 0. The van der Waals surface area contributed by atoms with E-state index in [0.29, 0.717) is 18.4 Å². The summed E-state index contributed by atoms with van der Waals surface area (Å²) in [5.74, 6) is 2.65. The molecular formula is C31H42ClNO2. The summed E-state index contributed by atoms with van der Waals surface area (Å²) < 4.78 is 13.1. The highest BCUT2D eigenvalue weighted by Crippen LogP contribution is 2.45. The summed E-state index contributed by atoms with van der Waals surface area (Å²) in [6.07, 6.45) is 1.91. The second-order valence-corrected chi connectivity index (χ2v) is 10.1. The standard InChI is InChI=1S/C31H41NO2.ClH/c1-8-33-31(32,25-15-11-9-12-16-25)29-24(7)23(6)27(19-21(2)3)28(20-22(4)5)30(29)34-26-17-13-10-14-18-26;/h9-18,21-22H,8,19-20,32H2,1-7H3;1H. The van der Waals surface area contributed by atoms with E-state index in [-0.39, 0.29) is 12.4 Å². The van der Waals surface area contributed by atoms with E-state index >= 15 is 0 Å². The largest absolute Gasteiger partial charge is 0.457 e. The molecule has 0 heterocycles. The van der Waals surface area contributed by atoms with Crippen molar-refractivity contribution in [2.45, 2.75) is 67.0 Å². The molecule has 190 valence electrons. The molecule has 0 aliphatic carbocycles. The van der Waals surface area contributed by atoms with E-state index in [9.17, 15) is 0 Å². The molecule has 2 N–H and O–H groups in total. The molecule has 0 saturated heterocycles. The first-order valence-corrected chi connectivity index (χ1v) is 12.6. The van der Waals surface area contributed by atoms with E-state index in [2.05, 4.69) is 41.5 Å². The third-order valence-corrected chi connectivity index (χ3v) is 6.39. The Labute approximate surface area is 218 Å². The number of hydrogen-bond acceptors (Lipinski definition) is 3. The van der Waals surface area contributed by atoms with Crippen LogP contribution in [0.2, 0.25) is 0 Å². The maximum Gasteiger partial charge on any atom is 0.172 e. The minimum Gasteiger partial charge on any atom is -0.457 e. The van der Waals surface area contributed by atoms with Crippen LogP contribution in [0.15, 0.2) is 60.7 Å². The Morgan fingerprint density at radius 1 is 0.771 bits per heavy atom. The zero-order valence-corrected chi connectivity index (χ0v) is 23.2. The van der Waals surface area contributed by atoms with Crippen LogP contribution >= 0.6 is 12.4 Å². The average molecular weight is 496 g/mol. The fourth-order valence-corrected chi connectivity index (χ4v) is 4.79. The molecule has 3 aromatic rings. The maximum atomic E-state index is 7.22. The van der Waals surface area contributed by atoms with E-state index in [1.54, 1.807) is 0 Å². The molecule has 0 amide bonds. The lowest BCUT2D eigenvalue weighted by Gasteiger charge is -2.36. The predicted octanol–water partition coefficient (Wildman–Crippen LogP) is 8.11. The lowest BCUT2D eigenvalue weighted by atomic mass is 9.80. The lowest BCUT2D eigenvalue weighted by Crippen LogP contribution is -2.42. The number of hydrogen-bond donors (Lipinski definition) is 1. The van der Waals surface area contributed by atoms with E-state index in [0.717, 1.165) is 41.0 Å². The van der Waals surface area contributed by atoms with E-state index in [4.69, 9.17) is 15.2 Å². The summed E-state index contributed by atoms with van der Waals surface area (Å²) in [6, 6.07) is 20.1. The molecule has 0 aliphatic heterocycles. The first-order chi connectivity index (χ1) is 16.2. The first-order valence-electron chi connectivity index (χ1n) is 12.6. The Kier molecular flexibility index (Phi) is 10.4. The number of nitrogens with two attached hydrogens (primary N) is 1. The molecule has 0 spiro atoms. The maximum absolute atomic E-state index is 7.22. The van der Waals surface area contributed by atoms with Gasteiger partial charge in [0.2, 0.25) is 0 Å². The molecule has 35 heavy (non-hydrogen) atoms. The summed E-state index contributed by atoms with van der Waals surface area (Å²) in [5, 5.41) is 0. The molecular weight excluding hydrogens is 454 g/mol. The van der Waals surface area contributed by atoms with Gasteiger partial charge in [-0.25, -0.2) is 0 Å². The van der Waals surface area contributed by atoms with Gasteiger partial charge in [-0.05, 0) is 79.8 Å². The van der Waals surface area contributed by atoms with Crippen molar-refractivity contribution < 1.29 is 9.47 Å². The van der Waals surface area contributed by atoms with Crippen LogP contribution in [0.4, 0.5) is 0 Å². The minimum atomic E-state index is -1.13. The van der Waals surface area contributed by atoms with E-state index in [1.165, 1.54) is 16.7 Å². The van der Waals surface area contributed by atoms with Crippen molar-refractivity contribution in [3.05, 3.63) is 94.0 Å². The zero-order valence-electron chi connectivity index (χ0n) is 22.4. The van der Waals surface area contributed by atoms with Gasteiger partial charge in [0.05, 0.1) is 0 Å². The van der Waals surface area contributed by atoms with Crippen molar-refractivity contribution in [3.63, 3.8) is 0 Å². The quantitative estimate of drug-likeness (QED) is 0.289. The van der Waals surface area contributed by atoms with Gasteiger partial charge >= 0.3 is 0 Å². The summed E-state index contributed by atoms with van der Waals surface area (Å²) in [6.45, 7) is 15.9. The molecule has 0 aromatic heterocycles. The highest BCUT2D eigenvalue weighted by Gasteiger charge is 2.38. The van der Waals surface area contributed by atoms with Gasteiger partial charge in [-0.15, -0.1) is 12.4 Å². The van der Waals surface area contributed by atoms with Crippen LogP contribution in [0.5, 0.6) is 11.5 Å². The SMILES string of the molecule is CCOC(N)(c1ccccc1)c1c(C)c(C)c(CC(C)C)c(CC(C)C)c1Oc1ccccc1.Cl. The molecule has 3 nitrogen and oxygen atoms in total. The molecule has 0 radical (unpaired) electrons. The Morgan fingerprint density at radius 3 is 1.80 bits per heavy atom. The first kappa shape index (κ1) is 28.9. The Morgan fingerprint density at radius 2 is 1.29 bits per heavy atom. The van der Waals surface area contributed by atoms with Gasteiger partial charge in [-0.2, -0.15) is 0 Å². The number of para-hydroxylation sites is 1. The Bertz CT molecular complexity index is 1080. The van der Waals surface area contributed by atoms with Gasteiger partial charge in [-0.3, -0.25) is 5.73 Å². The van der Waals surface area contributed by atoms with Gasteiger partial charge in [0.25, 0.3) is 0 Å². The van der Waals surface area contributed by atoms with Crippen molar-refractivity contribution in [2.24, 2.45) is 17.6 Å². The molecule has 3 rings (SSSR count). The van der Waals surface area contributed by atoms with E-state index in [1.807, 2.05) is 67.6 Å². The fraction of sp³-hybridized carbons (Fsp3) is 0.419. The Hall–Kier alpha value is -2.33. The summed E-state index contributed by atoms with van der Waals surface area (Å²) in [4.78, 5) is 0. The molecule has 4 heteroatoms. The second kappa shape index (κ2) is 12.6. The minimum absolute atomic E-state index is 0. The molecule has 1 unspecified atom stereocenters. The van der Waals surface area contributed by atoms with Crippen LogP contribution in [0.3, 0.4) is 0 Å². The molecule has 1 atom stereocenters. The van der Waals surface area contributed by atoms with Crippen LogP contribution < -0.4 is 10.5 Å². The molecule has 0 saturated carbocycles. The fourth-order valence-electron chi connectivity index (χ4n) is 4.79. The molecule has 0 fully saturated rings. The number of ether oxygens (including phenoxy) is 2. The third-order valence-electron chi connectivity index (χ3n) is 6.39. The van der Waals surface area contributed by atoms with Crippen LogP contribution in [0.25, 0.3) is 0 Å². The van der Waals surface area contributed by atoms with Gasteiger partial charge < -0.3 is 9.47 Å². The van der Waals surface area contributed by atoms with Crippen LogP contribution in [-0.4, -0.2) is 6.61 Å². The van der Waals surface area contributed by atoms with Crippen LogP contribution in [0.1, 0.15) is 68.0 Å². The van der Waals surface area contributed by atoms with Gasteiger partial charge in [-0.1, -0.05) is 76.2 Å². The van der Waals surface area contributed by atoms with Crippen LogP contribution in [0, 0.1) is 25.7 Å². The number of benzene rings is 3. The molecule has 0 aliphatic rings. The smallest absolute Gasteiger partial charge is 0.172 e. The Balaban J connectivity index is 0.00000432. The molecule has 3 aromatic carbocycles. The average Bonchev–Trinajstić information content (AvgIpc) is 2.80. The van der Waals surface area contributed by atoms with Crippen molar-refractivity contribution in [3.8, 4) is 11.5 Å². The predicted molar refractivity (Wildman–Crippen MR) is 150 cm³/mol. The monoisotopic (exact) mass is 495 g/mol. The van der Waals surface area contributed by atoms with Crippen molar-refractivity contribution in [2.75, 3.05) is 6.61 Å². The topological polar surface area (TPSA) is 44.5 Å². The van der Waals surface area contributed by atoms with Gasteiger partial charge in [0, 0.05) is 17.7 Å². The van der Waals surface area contributed by atoms with Gasteiger partial charge in [0.15, 0.2) is 5.72 Å². The summed E-state index contributed by atoms with van der Waals surface area (Å²) in [5.41, 5.74) is 13.0. The van der Waals surface area contributed by atoms with E-state index < -0.39 is 5.72 Å². The highest BCUT2D eigenvalue weighted by molar-refractivity contribution is 5.85. The second-order valence-electron chi connectivity index (χ2n) is 10.1. The van der Waals surface area contributed by atoms with Crippen molar-refractivity contribution in [1.82, 2.24) is 0 Å². The van der Waals surface area contributed by atoms with Crippen molar-refractivity contribution >= 4 is 12.4 Å².